The largest absolute Gasteiger partial charge is 0.488 e. The fraction of sp³-hybridized carbons (Fsp3) is 0.231. The lowest BCUT2D eigenvalue weighted by Gasteiger charge is -2.10. The van der Waals surface area contributed by atoms with E-state index in [0.29, 0.717) is 11.6 Å². The molecule has 1 aromatic carbocycles. The molecule has 2 aromatic rings. The van der Waals surface area contributed by atoms with E-state index >= 15 is 0 Å². The van der Waals surface area contributed by atoms with Gasteiger partial charge in [-0.05, 0) is 17.7 Å². The van der Waals surface area contributed by atoms with Gasteiger partial charge in [-0.3, -0.25) is 0 Å². The molecule has 1 aromatic heterocycles. The normalized spacial score (nSPS) is 17.3. The van der Waals surface area contributed by atoms with Crippen LogP contribution < -0.4 is 10.5 Å². The Morgan fingerprint density at radius 2 is 2.11 bits per heavy atom. The molecule has 2 heterocycles. The number of hydrogen-bond donors (Lipinski definition) is 1. The molecule has 0 saturated heterocycles. The smallest absolute Gasteiger partial charge is 0.131 e. The first kappa shape index (κ1) is 11.4. The van der Waals surface area contributed by atoms with Crippen molar-refractivity contribution in [3.63, 3.8) is 0 Å². The van der Waals surface area contributed by atoms with Crippen LogP contribution in [0.2, 0.25) is 5.02 Å². The second kappa shape index (κ2) is 4.55. The molecule has 0 fully saturated rings. The fourth-order valence-electron chi connectivity index (χ4n) is 2.18. The van der Waals surface area contributed by atoms with Crippen molar-refractivity contribution in [1.82, 2.24) is 9.97 Å². The number of ether oxygens (including phenoxy) is 1. The van der Waals surface area contributed by atoms with Gasteiger partial charge in [0.25, 0.3) is 0 Å². The molecule has 92 valence electrons. The van der Waals surface area contributed by atoms with Crippen LogP contribution in [0.5, 0.6) is 5.75 Å². The molecule has 1 aliphatic rings. The second-order valence-electron chi connectivity index (χ2n) is 4.25. The maximum Gasteiger partial charge on any atom is 0.131 e. The zero-order valence-corrected chi connectivity index (χ0v) is 10.4. The highest BCUT2D eigenvalue weighted by Gasteiger charge is 2.25. The third kappa shape index (κ3) is 1.94. The molecule has 0 unspecified atom stereocenters. The third-order valence-electron chi connectivity index (χ3n) is 3.00. The van der Waals surface area contributed by atoms with E-state index in [1.807, 2.05) is 12.1 Å². The van der Waals surface area contributed by atoms with Crippen molar-refractivity contribution < 1.29 is 4.74 Å². The van der Waals surface area contributed by atoms with Gasteiger partial charge in [-0.1, -0.05) is 11.6 Å². The number of nitrogens with zero attached hydrogens (tertiary/aromatic N) is 2. The zero-order chi connectivity index (χ0) is 12.5. The first-order valence-electron chi connectivity index (χ1n) is 5.72. The summed E-state index contributed by atoms with van der Waals surface area (Å²) in [5.41, 5.74) is 8.57. The Balaban J connectivity index is 2.12. The summed E-state index contributed by atoms with van der Waals surface area (Å²) in [5.74, 6) is 0.852. The van der Waals surface area contributed by atoms with Gasteiger partial charge in [0.2, 0.25) is 0 Å². The van der Waals surface area contributed by atoms with Crippen LogP contribution in [0.1, 0.15) is 5.56 Å². The number of nitrogens with two attached hydrogens (primary N) is 1. The molecule has 1 aliphatic heterocycles. The summed E-state index contributed by atoms with van der Waals surface area (Å²) in [6.07, 6.45) is 5.82. The molecule has 4 nitrogen and oxygen atoms in total. The lowest BCUT2D eigenvalue weighted by molar-refractivity contribution is 0.242. The van der Waals surface area contributed by atoms with Crippen molar-refractivity contribution in [3.8, 4) is 16.9 Å². The van der Waals surface area contributed by atoms with Crippen molar-refractivity contribution in [2.45, 2.75) is 12.5 Å². The number of benzene rings is 1. The van der Waals surface area contributed by atoms with Crippen LogP contribution in [0.4, 0.5) is 0 Å². The molecule has 0 saturated carbocycles. The quantitative estimate of drug-likeness (QED) is 0.899. The molecule has 2 N–H and O–H groups in total. The minimum Gasteiger partial charge on any atom is -0.488 e. The molecule has 0 amide bonds. The summed E-state index contributed by atoms with van der Waals surface area (Å²) in [5, 5.41) is 0.689. The predicted molar refractivity (Wildman–Crippen MR) is 69.7 cm³/mol. The Kier molecular flexibility index (Phi) is 2.89. The van der Waals surface area contributed by atoms with E-state index in [0.717, 1.165) is 28.9 Å². The van der Waals surface area contributed by atoms with E-state index in [-0.39, 0.29) is 6.10 Å². The summed E-state index contributed by atoms with van der Waals surface area (Å²) in [4.78, 5) is 8.04. The van der Waals surface area contributed by atoms with Crippen molar-refractivity contribution in [2.24, 2.45) is 5.73 Å². The van der Waals surface area contributed by atoms with Crippen molar-refractivity contribution in [2.75, 3.05) is 6.54 Å². The second-order valence-corrected chi connectivity index (χ2v) is 4.68. The van der Waals surface area contributed by atoms with E-state index in [9.17, 15) is 0 Å². The summed E-state index contributed by atoms with van der Waals surface area (Å²) in [7, 11) is 0. The highest BCUT2D eigenvalue weighted by atomic mass is 35.5. The van der Waals surface area contributed by atoms with Crippen LogP contribution in [0.3, 0.4) is 0 Å². The summed E-state index contributed by atoms with van der Waals surface area (Å²) in [6.45, 7) is 0.497. The lowest BCUT2D eigenvalue weighted by Crippen LogP contribution is -2.24. The Bertz CT molecular complexity index is 574. The van der Waals surface area contributed by atoms with Gasteiger partial charge in [0, 0.05) is 41.5 Å². The van der Waals surface area contributed by atoms with Gasteiger partial charge in [0.15, 0.2) is 0 Å². The molecule has 18 heavy (non-hydrogen) atoms. The molecule has 3 rings (SSSR count). The maximum atomic E-state index is 6.14. The van der Waals surface area contributed by atoms with E-state index in [2.05, 4.69) is 9.97 Å². The molecule has 1 atom stereocenters. The van der Waals surface area contributed by atoms with Crippen LogP contribution >= 0.6 is 11.6 Å². The number of aromatic nitrogens is 2. The van der Waals surface area contributed by atoms with Crippen molar-refractivity contribution in [1.29, 1.82) is 0 Å². The minimum atomic E-state index is 0.0295. The molecular weight excluding hydrogens is 250 g/mol. The van der Waals surface area contributed by atoms with Crippen molar-refractivity contribution in [3.05, 3.63) is 41.4 Å². The SMILES string of the molecule is NC[C@H]1Cc2cc(Cl)cc(-c3cncnc3)c2O1. The van der Waals surface area contributed by atoms with Gasteiger partial charge in [-0.25, -0.2) is 9.97 Å². The number of rotatable bonds is 2. The van der Waals surface area contributed by atoms with Crippen LogP contribution in [-0.2, 0) is 6.42 Å². The Morgan fingerprint density at radius 3 is 2.83 bits per heavy atom. The summed E-state index contributed by atoms with van der Waals surface area (Å²) >= 11 is 6.14. The first-order chi connectivity index (χ1) is 8.78. The molecule has 0 radical (unpaired) electrons. The molecule has 0 spiro atoms. The van der Waals surface area contributed by atoms with Gasteiger partial charge < -0.3 is 10.5 Å². The van der Waals surface area contributed by atoms with Gasteiger partial charge >= 0.3 is 0 Å². The van der Waals surface area contributed by atoms with Crippen LogP contribution in [0, 0.1) is 0 Å². The number of fused-ring (bicyclic) bond motifs is 1. The van der Waals surface area contributed by atoms with Gasteiger partial charge in [0.1, 0.15) is 18.2 Å². The minimum absolute atomic E-state index is 0.0295. The Hall–Kier alpha value is -1.65. The molecular formula is C13H12ClN3O. The fourth-order valence-corrected chi connectivity index (χ4v) is 2.42. The van der Waals surface area contributed by atoms with Crippen LogP contribution in [0.15, 0.2) is 30.9 Å². The highest BCUT2D eigenvalue weighted by molar-refractivity contribution is 6.31. The Labute approximate surface area is 110 Å². The Morgan fingerprint density at radius 1 is 1.33 bits per heavy atom. The van der Waals surface area contributed by atoms with Gasteiger partial charge in [-0.15, -0.1) is 0 Å². The standard InChI is InChI=1S/C13H12ClN3O/c14-10-1-8-2-11(4-15)18-13(8)12(3-10)9-5-16-7-17-6-9/h1,3,5-7,11H,2,4,15H2/t11-/m1/s1. The maximum absolute atomic E-state index is 6.14. The van der Waals surface area contributed by atoms with E-state index < -0.39 is 0 Å². The predicted octanol–water partition coefficient (Wildman–Crippen LogP) is 2.06. The van der Waals surface area contributed by atoms with E-state index in [1.165, 1.54) is 6.33 Å². The average molecular weight is 262 g/mol. The number of halogens is 1. The average Bonchev–Trinajstić information content (AvgIpc) is 2.81. The van der Waals surface area contributed by atoms with Gasteiger partial charge in [0.05, 0.1) is 0 Å². The topological polar surface area (TPSA) is 61.0 Å². The highest BCUT2D eigenvalue weighted by Crippen LogP contribution is 2.40. The number of hydrogen-bond acceptors (Lipinski definition) is 4. The molecule has 0 aliphatic carbocycles. The van der Waals surface area contributed by atoms with Gasteiger partial charge in [-0.2, -0.15) is 0 Å². The van der Waals surface area contributed by atoms with Crippen LogP contribution in [0.25, 0.3) is 11.1 Å². The monoisotopic (exact) mass is 261 g/mol. The van der Waals surface area contributed by atoms with Crippen LogP contribution in [-0.4, -0.2) is 22.6 Å². The first-order valence-corrected chi connectivity index (χ1v) is 6.10. The lowest BCUT2D eigenvalue weighted by atomic mass is 10.0. The third-order valence-corrected chi connectivity index (χ3v) is 3.22. The summed E-state index contributed by atoms with van der Waals surface area (Å²) < 4.78 is 5.86. The van der Waals surface area contributed by atoms with E-state index in [1.54, 1.807) is 12.4 Å². The zero-order valence-electron chi connectivity index (χ0n) is 9.64. The van der Waals surface area contributed by atoms with Crippen molar-refractivity contribution >= 4 is 11.6 Å². The molecule has 0 bridgehead atoms. The van der Waals surface area contributed by atoms with E-state index in [4.69, 9.17) is 22.1 Å². The summed E-state index contributed by atoms with van der Waals surface area (Å²) in [6, 6.07) is 3.80. The molecule has 5 heteroatoms.